The maximum Gasteiger partial charge on any atom is 0.235 e. The average Bonchev–Trinajstić information content (AvgIpc) is 3.15. The van der Waals surface area contributed by atoms with E-state index < -0.39 is 0 Å². The number of anilines is 1. The molecule has 7 heteroatoms. The molecule has 0 bridgehead atoms. The van der Waals surface area contributed by atoms with E-state index in [2.05, 4.69) is 22.4 Å². The highest BCUT2D eigenvalue weighted by atomic mass is 35.5. The van der Waals surface area contributed by atoms with Gasteiger partial charge in [0.05, 0.1) is 11.2 Å². The minimum absolute atomic E-state index is 0. The summed E-state index contributed by atoms with van der Waals surface area (Å²) in [4.78, 5) is 13.8. The van der Waals surface area contributed by atoms with E-state index in [-0.39, 0.29) is 24.8 Å². The van der Waals surface area contributed by atoms with E-state index in [1.54, 1.807) is 12.5 Å². The van der Waals surface area contributed by atoms with Crippen molar-refractivity contribution in [3.05, 3.63) is 42.6 Å². The fourth-order valence-electron chi connectivity index (χ4n) is 3.57. The lowest BCUT2D eigenvalue weighted by atomic mass is 9.85. The number of aromatic nitrogens is 4. The molecular weight excluding hydrogens is 357 g/mol. The summed E-state index contributed by atoms with van der Waals surface area (Å²) in [6, 6.07) is 6.23. The summed E-state index contributed by atoms with van der Waals surface area (Å²) in [5.41, 5.74) is 3.29. The molecule has 134 valence electrons. The highest BCUT2D eigenvalue weighted by Crippen LogP contribution is 2.37. The van der Waals surface area contributed by atoms with Crippen molar-refractivity contribution in [2.75, 3.05) is 12.4 Å². The monoisotopic (exact) mass is 379 g/mol. The second-order valence-corrected chi connectivity index (χ2v) is 6.16. The van der Waals surface area contributed by atoms with Crippen molar-refractivity contribution in [1.29, 1.82) is 0 Å². The van der Waals surface area contributed by atoms with E-state index in [4.69, 9.17) is 9.97 Å². The summed E-state index contributed by atoms with van der Waals surface area (Å²) in [6.07, 6.45) is 11.8. The number of nitrogens with zero attached hydrogens (tertiary/aromatic N) is 4. The molecule has 25 heavy (non-hydrogen) atoms. The first kappa shape index (κ1) is 19.5. The number of nitrogens with one attached hydrogen (secondary N) is 1. The van der Waals surface area contributed by atoms with Gasteiger partial charge in [0, 0.05) is 36.4 Å². The van der Waals surface area contributed by atoms with Gasteiger partial charge in [-0.2, -0.15) is 0 Å². The van der Waals surface area contributed by atoms with Crippen molar-refractivity contribution >= 4 is 41.4 Å². The average molecular weight is 380 g/mol. The van der Waals surface area contributed by atoms with Crippen LogP contribution in [0.15, 0.2) is 36.9 Å². The number of fused-ring (bicyclic) bond motifs is 1. The maximum atomic E-state index is 4.95. The Morgan fingerprint density at radius 3 is 2.56 bits per heavy atom. The molecule has 3 aromatic rings. The molecule has 0 radical (unpaired) electrons. The molecule has 2 heterocycles. The fraction of sp³-hybridized carbons (Fsp3) is 0.389. The summed E-state index contributed by atoms with van der Waals surface area (Å²) >= 11 is 0. The molecule has 1 N–H and O–H groups in total. The second kappa shape index (κ2) is 8.50. The Hall–Kier alpha value is -1.85. The highest BCUT2D eigenvalue weighted by Gasteiger charge is 2.22. The van der Waals surface area contributed by atoms with Crippen LogP contribution >= 0.6 is 24.8 Å². The van der Waals surface area contributed by atoms with E-state index in [9.17, 15) is 0 Å². The van der Waals surface area contributed by atoms with Crippen LogP contribution in [0.25, 0.3) is 16.9 Å². The molecule has 0 spiro atoms. The summed E-state index contributed by atoms with van der Waals surface area (Å²) in [6.45, 7) is 0. The van der Waals surface area contributed by atoms with Gasteiger partial charge in [-0.25, -0.2) is 15.0 Å². The third kappa shape index (κ3) is 3.72. The first-order valence-electron chi connectivity index (χ1n) is 8.33. The first-order chi connectivity index (χ1) is 11.4. The van der Waals surface area contributed by atoms with Crippen LogP contribution in [0, 0.1) is 0 Å². The molecule has 0 aliphatic heterocycles. The standard InChI is InChI=1S/C18H21N5.2ClH/c1-19-14-8-5-9-15-16(14)17(13-6-3-2-4-7-13)22-18(21-15)23-11-10-20-12-23;;/h5,8-13,19H,2-4,6-7H2,1H3;2*1H. The number of benzene rings is 1. The smallest absolute Gasteiger partial charge is 0.235 e. The second-order valence-electron chi connectivity index (χ2n) is 6.16. The minimum atomic E-state index is 0. The highest BCUT2D eigenvalue weighted by molar-refractivity contribution is 5.94. The van der Waals surface area contributed by atoms with E-state index in [0.29, 0.717) is 11.9 Å². The maximum absolute atomic E-state index is 4.95. The molecule has 5 nitrogen and oxygen atoms in total. The van der Waals surface area contributed by atoms with Crippen LogP contribution in [0.2, 0.25) is 0 Å². The molecule has 1 aromatic carbocycles. The molecule has 1 saturated carbocycles. The molecule has 1 aliphatic carbocycles. The lowest BCUT2D eigenvalue weighted by Crippen LogP contribution is -2.11. The lowest BCUT2D eigenvalue weighted by Gasteiger charge is -2.23. The molecule has 2 aromatic heterocycles. The molecule has 0 unspecified atom stereocenters. The van der Waals surface area contributed by atoms with Crippen molar-refractivity contribution in [3.63, 3.8) is 0 Å². The van der Waals surface area contributed by atoms with Gasteiger partial charge in [-0.15, -0.1) is 24.8 Å². The zero-order valence-corrected chi connectivity index (χ0v) is 15.8. The van der Waals surface area contributed by atoms with Gasteiger partial charge >= 0.3 is 0 Å². The summed E-state index contributed by atoms with van der Waals surface area (Å²) in [5.74, 6) is 1.23. The Kier molecular flexibility index (Phi) is 6.62. The van der Waals surface area contributed by atoms with Crippen molar-refractivity contribution in [3.8, 4) is 5.95 Å². The SMILES string of the molecule is CNc1cccc2nc(-n3ccnc3)nc(C3CCCCC3)c12.Cl.Cl. The lowest BCUT2D eigenvalue weighted by molar-refractivity contribution is 0.438. The fourth-order valence-corrected chi connectivity index (χ4v) is 3.57. The largest absolute Gasteiger partial charge is 0.388 e. The van der Waals surface area contributed by atoms with Crippen molar-refractivity contribution in [2.45, 2.75) is 38.0 Å². The Morgan fingerprint density at radius 2 is 1.88 bits per heavy atom. The van der Waals surface area contributed by atoms with Crippen molar-refractivity contribution < 1.29 is 0 Å². The third-order valence-electron chi connectivity index (χ3n) is 4.74. The summed E-state index contributed by atoms with van der Waals surface area (Å²) in [7, 11) is 1.96. The van der Waals surface area contributed by atoms with Gasteiger partial charge in [-0.3, -0.25) is 4.57 Å². The number of rotatable bonds is 3. The molecule has 0 atom stereocenters. The molecular formula is C18H23Cl2N5. The molecule has 4 rings (SSSR count). The van der Waals surface area contributed by atoms with Gasteiger partial charge in [0.15, 0.2) is 0 Å². The van der Waals surface area contributed by atoms with Crippen LogP contribution in [-0.2, 0) is 0 Å². The summed E-state index contributed by atoms with van der Waals surface area (Å²) < 4.78 is 1.89. The van der Waals surface area contributed by atoms with E-state index in [1.807, 2.05) is 23.9 Å². The van der Waals surface area contributed by atoms with Gasteiger partial charge in [0.25, 0.3) is 0 Å². The van der Waals surface area contributed by atoms with Crippen LogP contribution in [0.5, 0.6) is 0 Å². The molecule has 0 amide bonds. The Labute approximate surface area is 160 Å². The number of halogens is 2. The molecule has 1 aliphatic rings. The summed E-state index contributed by atoms with van der Waals surface area (Å²) in [5, 5.41) is 4.48. The van der Waals surface area contributed by atoms with Crippen LogP contribution in [0.4, 0.5) is 5.69 Å². The minimum Gasteiger partial charge on any atom is -0.388 e. The topological polar surface area (TPSA) is 55.6 Å². The van der Waals surface area contributed by atoms with Crippen molar-refractivity contribution in [2.24, 2.45) is 0 Å². The Balaban J connectivity index is 0.00000113. The Bertz CT molecular complexity index is 814. The predicted molar refractivity (Wildman–Crippen MR) is 107 cm³/mol. The van der Waals surface area contributed by atoms with E-state index >= 15 is 0 Å². The predicted octanol–water partition coefficient (Wildman–Crippen LogP) is 4.75. The normalized spacial score (nSPS) is 14.6. The number of hydrogen-bond donors (Lipinski definition) is 1. The quantitative estimate of drug-likeness (QED) is 0.713. The zero-order valence-electron chi connectivity index (χ0n) is 14.2. The first-order valence-corrected chi connectivity index (χ1v) is 8.33. The number of imidazole rings is 1. The zero-order chi connectivity index (χ0) is 15.6. The van der Waals surface area contributed by atoms with E-state index in [0.717, 1.165) is 11.2 Å². The van der Waals surface area contributed by atoms with Gasteiger partial charge < -0.3 is 5.32 Å². The molecule has 0 saturated heterocycles. The van der Waals surface area contributed by atoms with Crippen LogP contribution in [-0.4, -0.2) is 26.6 Å². The van der Waals surface area contributed by atoms with Gasteiger partial charge in [0.1, 0.15) is 6.33 Å². The van der Waals surface area contributed by atoms with Gasteiger partial charge in [0.2, 0.25) is 5.95 Å². The van der Waals surface area contributed by atoms with Crippen LogP contribution in [0.3, 0.4) is 0 Å². The Morgan fingerprint density at radius 1 is 1.08 bits per heavy atom. The van der Waals surface area contributed by atoms with Gasteiger partial charge in [-0.1, -0.05) is 25.3 Å². The van der Waals surface area contributed by atoms with Crippen LogP contribution in [0.1, 0.15) is 43.7 Å². The molecule has 1 fully saturated rings. The van der Waals surface area contributed by atoms with E-state index in [1.165, 1.54) is 43.2 Å². The van der Waals surface area contributed by atoms with Crippen LogP contribution < -0.4 is 5.32 Å². The van der Waals surface area contributed by atoms with Gasteiger partial charge in [-0.05, 0) is 25.0 Å². The van der Waals surface area contributed by atoms with Crippen molar-refractivity contribution in [1.82, 2.24) is 19.5 Å². The third-order valence-corrected chi connectivity index (χ3v) is 4.74. The number of hydrogen-bond acceptors (Lipinski definition) is 4.